The Bertz CT molecular complexity index is 340. The standard InChI is InChI=1S/C13H19NO3/c1-4-16-12(11-9-7-6-8-10-11)14(3)13(15)17-5-2/h6-10,12H,4-5H2,1-3H3. The number of hydrogen-bond acceptors (Lipinski definition) is 3. The molecule has 1 aromatic carbocycles. The lowest BCUT2D eigenvalue weighted by Gasteiger charge is -2.27. The second-order valence-corrected chi connectivity index (χ2v) is 3.53. The fraction of sp³-hybridized carbons (Fsp3) is 0.462. The fourth-order valence-corrected chi connectivity index (χ4v) is 1.53. The predicted octanol–water partition coefficient (Wildman–Crippen LogP) is 2.81. The first-order chi connectivity index (χ1) is 8.20. The summed E-state index contributed by atoms with van der Waals surface area (Å²) in [7, 11) is 1.67. The van der Waals surface area contributed by atoms with Gasteiger partial charge in [0.1, 0.15) is 0 Å². The fourth-order valence-electron chi connectivity index (χ4n) is 1.53. The van der Waals surface area contributed by atoms with Crippen molar-refractivity contribution in [1.82, 2.24) is 4.90 Å². The SMILES string of the molecule is CCOC(=O)N(C)C(OCC)c1ccccc1. The first-order valence-electron chi connectivity index (χ1n) is 5.76. The Balaban J connectivity index is 2.82. The second kappa shape index (κ2) is 6.91. The molecule has 1 amide bonds. The number of carbonyl (C=O) groups excluding carboxylic acids is 1. The molecular weight excluding hydrogens is 218 g/mol. The van der Waals surface area contributed by atoms with Gasteiger partial charge in [-0.05, 0) is 13.8 Å². The number of rotatable bonds is 5. The van der Waals surface area contributed by atoms with E-state index in [4.69, 9.17) is 9.47 Å². The molecule has 0 aromatic heterocycles. The van der Waals surface area contributed by atoms with Crippen molar-refractivity contribution in [3.8, 4) is 0 Å². The molecule has 0 fully saturated rings. The van der Waals surface area contributed by atoms with Gasteiger partial charge in [-0.15, -0.1) is 0 Å². The van der Waals surface area contributed by atoms with Crippen LogP contribution in [0, 0.1) is 0 Å². The largest absolute Gasteiger partial charge is 0.450 e. The van der Waals surface area contributed by atoms with Gasteiger partial charge < -0.3 is 9.47 Å². The van der Waals surface area contributed by atoms with Crippen LogP contribution in [0.3, 0.4) is 0 Å². The monoisotopic (exact) mass is 237 g/mol. The summed E-state index contributed by atoms with van der Waals surface area (Å²) in [6.45, 7) is 4.57. The maximum atomic E-state index is 11.7. The molecule has 1 unspecified atom stereocenters. The van der Waals surface area contributed by atoms with Gasteiger partial charge in [0.05, 0.1) is 6.61 Å². The van der Waals surface area contributed by atoms with E-state index < -0.39 is 6.23 Å². The molecule has 4 nitrogen and oxygen atoms in total. The Morgan fingerprint density at radius 3 is 2.41 bits per heavy atom. The molecule has 0 saturated heterocycles. The lowest BCUT2D eigenvalue weighted by atomic mass is 10.2. The van der Waals surface area contributed by atoms with Crippen molar-refractivity contribution in [2.45, 2.75) is 20.1 Å². The summed E-state index contributed by atoms with van der Waals surface area (Å²) in [5.74, 6) is 0. The van der Waals surface area contributed by atoms with E-state index in [2.05, 4.69) is 0 Å². The summed E-state index contributed by atoms with van der Waals surface area (Å²) < 4.78 is 10.5. The second-order valence-electron chi connectivity index (χ2n) is 3.53. The van der Waals surface area contributed by atoms with Crippen molar-refractivity contribution < 1.29 is 14.3 Å². The van der Waals surface area contributed by atoms with Crippen molar-refractivity contribution >= 4 is 6.09 Å². The molecule has 0 aliphatic heterocycles. The van der Waals surface area contributed by atoms with Crippen molar-refractivity contribution in [2.24, 2.45) is 0 Å². The van der Waals surface area contributed by atoms with Crippen molar-refractivity contribution in [2.75, 3.05) is 20.3 Å². The van der Waals surface area contributed by atoms with Gasteiger partial charge in [0, 0.05) is 19.2 Å². The van der Waals surface area contributed by atoms with Gasteiger partial charge in [0.2, 0.25) is 0 Å². The Morgan fingerprint density at radius 1 is 1.24 bits per heavy atom. The summed E-state index contributed by atoms with van der Waals surface area (Å²) in [6, 6.07) is 9.61. The molecule has 0 spiro atoms. The number of amides is 1. The van der Waals surface area contributed by atoms with Crippen LogP contribution in [0.4, 0.5) is 4.79 Å². The third-order valence-corrected chi connectivity index (χ3v) is 2.32. The Morgan fingerprint density at radius 2 is 1.88 bits per heavy atom. The van der Waals surface area contributed by atoms with E-state index >= 15 is 0 Å². The predicted molar refractivity (Wildman–Crippen MR) is 65.6 cm³/mol. The smallest absolute Gasteiger partial charge is 0.411 e. The molecule has 1 atom stereocenters. The summed E-state index contributed by atoms with van der Waals surface area (Å²) in [6.07, 6.45) is -0.782. The maximum Gasteiger partial charge on any atom is 0.411 e. The van der Waals surface area contributed by atoms with Crippen LogP contribution in [0.5, 0.6) is 0 Å². The molecular formula is C13H19NO3. The van der Waals surface area contributed by atoms with E-state index in [1.807, 2.05) is 37.3 Å². The average Bonchev–Trinajstić information content (AvgIpc) is 2.36. The zero-order valence-electron chi connectivity index (χ0n) is 10.6. The first kappa shape index (κ1) is 13.5. The van der Waals surface area contributed by atoms with Crippen LogP contribution in [0.2, 0.25) is 0 Å². The number of hydrogen-bond donors (Lipinski definition) is 0. The summed E-state index contributed by atoms with van der Waals surface area (Å²) in [4.78, 5) is 13.1. The molecule has 0 radical (unpaired) electrons. The number of carbonyl (C=O) groups is 1. The van der Waals surface area contributed by atoms with Gasteiger partial charge in [0.15, 0.2) is 6.23 Å². The van der Waals surface area contributed by atoms with Crippen LogP contribution in [0.25, 0.3) is 0 Å². The van der Waals surface area contributed by atoms with Crippen LogP contribution in [0.1, 0.15) is 25.6 Å². The maximum absolute atomic E-state index is 11.7. The van der Waals surface area contributed by atoms with Crippen molar-refractivity contribution in [3.05, 3.63) is 35.9 Å². The molecule has 1 rings (SSSR count). The van der Waals surface area contributed by atoms with Crippen molar-refractivity contribution in [3.63, 3.8) is 0 Å². The minimum absolute atomic E-state index is 0.358. The van der Waals surface area contributed by atoms with E-state index in [0.717, 1.165) is 5.56 Å². The summed E-state index contributed by atoms with van der Waals surface area (Å²) >= 11 is 0. The number of benzene rings is 1. The van der Waals surface area contributed by atoms with Gasteiger partial charge >= 0.3 is 6.09 Å². The van der Waals surface area contributed by atoms with Gasteiger partial charge in [-0.3, -0.25) is 4.90 Å². The molecule has 17 heavy (non-hydrogen) atoms. The van der Waals surface area contributed by atoms with E-state index in [1.54, 1.807) is 14.0 Å². The molecule has 1 aromatic rings. The van der Waals surface area contributed by atoms with Gasteiger partial charge in [-0.1, -0.05) is 30.3 Å². The third kappa shape index (κ3) is 3.75. The topological polar surface area (TPSA) is 38.8 Å². The highest BCUT2D eigenvalue weighted by Crippen LogP contribution is 2.21. The molecule has 0 aliphatic carbocycles. The zero-order valence-corrected chi connectivity index (χ0v) is 10.6. The van der Waals surface area contributed by atoms with E-state index in [9.17, 15) is 4.79 Å². The van der Waals surface area contributed by atoms with E-state index in [0.29, 0.717) is 13.2 Å². The van der Waals surface area contributed by atoms with Gasteiger partial charge in [-0.2, -0.15) is 0 Å². The minimum atomic E-state index is -0.403. The molecule has 0 aliphatic rings. The van der Waals surface area contributed by atoms with Crippen LogP contribution >= 0.6 is 0 Å². The third-order valence-electron chi connectivity index (χ3n) is 2.32. The molecule has 0 saturated carbocycles. The van der Waals surface area contributed by atoms with Crippen LogP contribution in [0.15, 0.2) is 30.3 Å². The lowest BCUT2D eigenvalue weighted by Crippen LogP contribution is -2.33. The minimum Gasteiger partial charge on any atom is -0.450 e. The molecule has 0 N–H and O–H groups in total. The van der Waals surface area contributed by atoms with E-state index in [-0.39, 0.29) is 6.09 Å². The summed E-state index contributed by atoms with van der Waals surface area (Å²) in [5.41, 5.74) is 0.935. The van der Waals surface area contributed by atoms with Gasteiger partial charge in [0.25, 0.3) is 0 Å². The highest BCUT2D eigenvalue weighted by atomic mass is 16.6. The number of ether oxygens (including phenoxy) is 2. The van der Waals surface area contributed by atoms with E-state index in [1.165, 1.54) is 4.90 Å². The Labute approximate surface area is 102 Å². The average molecular weight is 237 g/mol. The molecule has 94 valence electrons. The number of nitrogens with zero attached hydrogens (tertiary/aromatic N) is 1. The van der Waals surface area contributed by atoms with Gasteiger partial charge in [-0.25, -0.2) is 4.79 Å². The Kier molecular flexibility index (Phi) is 5.49. The quantitative estimate of drug-likeness (QED) is 0.739. The highest BCUT2D eigenvalue weighted by molar-refractivity contribution is 5.67. The van der Waals surface area contributed by atoms with Crippen molar-refractivity contribution in [1.29, 1.82) is 0 Å². The normalized spacial score (nSPS) is 11.9. The summed E-state index contributed by atoms with van der Waals surface area (Å²) in [5, 5.41) is 0. The highest BCUT2D eigenvalue weighted by Gasteiger charge is 2.22. The zero-order chi connectivity index (χ0) is 12.7. The lowest BCUT2D eigenvalue weighted by molar-refractivity contribution is -0.0398. The first-order valence-corrected chi connectivity index (χ1v) is 5.76. The van der Waals surface area contributed by atoms with Crippen LogP contribution in [-0.2, 0) is 9.47 Å². The Hall–Kier alpha value is -1.55. The molecule has 0 bridgehead atoms. The molecule has 0 heterocycles. The molecule has 4 heteroatoms. The van der Waals surface area contributed by atoms with Crippen LogP contribution in [-0.4, -0.2) is 31.3 Å². The van der Waals surface area contributed by atoms with Crippen LogP contribution < -0.4 is 0 Å².